The van der Waals surface area contributed by atoms with Gasteiger partial charge in [0.15, 0.2) is 0 Å². The third kappa shape index (κ3) is 5.57. The number of carbonyl (C=O) groups excluding carboxylic acids is 1. The predicted octanol–water partition coefficient (Wildman–Crippen LogP) is 4.10. The van der Waals surface area contributed by atoms with Crippen molar-refractivity contribution in [3.8, 4) is 5.75 Å². The molecule has 1 fully saturated rings. The molecule has 4 heteroatoms. The standard InChI is InChI=1S/C23H30N2O2/c1-18(2)25(16-19-7-5-4-6-8-19)23(26)17-24(21-11-12-21)15-20-9-13-22(27-3)14-10-20/h4-10,13-14,18,21H,11-12,15-17H2,1-3H3. The minimum absolute atomic E-state index is 0.180. The van der Waals surface area contributed by atoms with Crippen LogP contribution in [0.4, 0.5) is 0 Å². The quantitative estimate of drug-likeness (QED) is 0.670. The number of benzene rings is 2. The van der Waals surface area contributed by atoms with Crippen LogP contribution in [0.25, 0.3) is 0 Å². The summed E-state index contributed by atoms with van der Waals surface area (Å²) in [6.07, 6.45) is 2.37. The maximum atomic E-state index is 13.1. The summed E-state index contributed by atoms with van der Waals surface area (Å²) in [4.78, 5) is 17.4. The van der Waals surface area contributed by atoms with Crippen LogP contribution in [0.3, 0.4) is 0 Å². The van der Waals surface area contributed by atoms with Crippen LogP contribution in [0.2, 0.25) is 0 Å². The Hall–Kier alpha value is -2.33. The average Bonchev–Trinajstić information content (AvgIpc) is 3.52. The van der Waals surface area contributed by atoms with Crippen molar-refractivity contribution in [1.82, 2.24) is 9.80 Å². The van der Waals surface area contributed by atoms with Crippen LogP contribution in [0.15, 0.2) is 54.6 Å². The maximum absolute atomic E-state index is 13.1. The first-order chi connectivity index (χ1) is 13.1. The minimum atomic E-state index is 0.180. The third-order valence-electron chi connectivity index (χ3n) is 5.09. The largest absolute Gasteiger partial charge is 0.497 e. The Morgan fingerprint density at radius 2 is 1.63 bits per heavy atom. The fraction of sp³-hybridized carbons (Fsp3) is 0.435. The fourth-order valence-corrected chi connectivity index (χ4v) is 3.32. The smallest absolute Gasteiger partial charge is 0.237 e. The molecule has 144 valence electrons. The Kier molecular flexibility index (Phi) is 6.51. The van der Waals surface area contributed by atoms with Gasteiger partial charge in [-0.1, -0.05) is 42.5 Å². The van der Waals surface area contributed by atoms with E-state index in [9.17, 15) is 4.79 Å². The Bertz CT molecular complexity index is 724. The van der Waals surface area contributed by atoms with Crippen molar-refractivity contribution in [1.29, 1.82) is 0 Å². The molecular weight excluding hydrogens is 336 g/mol. The third-order valence-corrected chi connectivity index (χ3v) is 5.09. The zero-order valence-corrected chi connectivity index (χ0v) is 16.6. The molecule has 1 saturated carbocycles. The zero-order chi connectivity index (χ0) is 19.2. The summed E-state index contributed by atoms with van der Waals surface area (Å²) in [5, 5.41) is 0. The van der Waals surface area contributed by atoms with Crippen molar-refractivity contribution in [3.05, 3.63) is 65.7 Å². The second-order valence-electron chi connectivity index (χ2n) is 7.59. The lowest BCUT2D eigenvalue weighted by Crippen LogP contribution is -2.43. The minimum Gasteiger partial charge on any atom is -0.497 e. The highest BCUT2D eigenvalue weighted by Crippen LogP contribution is 2.29. The Morgan fingerprint density at radius 1 is 1.00 bits per heavy atom. The van der Waals surface area contributed by atoms with Crippen molar-refractivity contribution < 1.29 is 9.53 Å². The van der Waals surface area contributed by atoms with Gasteiger partial charge in [-0.05, 0) is 49.9 Å². The van der Waals surface area contributed by atoms with Gasteiger partial charge in [0.2, 0.25) is 5.91 Å². The summed E-state index contributed by atoms with van der Waals surface area (Å²) >= 11 is 0. The van der Waals surface area contributed by atoms with E-state index in [1.165, 1.54) is 24.0 Å². The molecule has 0 unspecified atom stereocenters. The summed E-state index contributed by atoms with van der Waals surface area (Å²) in [6, 6.07) is 19.1. The first-order valence-electron chi connectivity index (χ1n) is 9.77. The second-order valence-corrected chi connectivity index (χ2v) is 7.59. The number of carbonyl (C=O) groups is 1. The molecule has 0 saturated heterocycles. The molecular formula is C23H30N2O2. The number of rotatable bonds is 9. The van der Waals surface area contributed by atoms with E-state index in [0.717, 1.165) is 12.3 Å². The molecule has 2 aromatic rings. The van der Waals surface area contributed by atoms with Gasteiger partial charge in [0.05, 0.1) is 13.7 Å². The van der Waals surface area contributed by atoms with Gasteiger partial charge >= 0.3 is 0 Å². The van der Waals surface area contributed by atoms with Gasteiger partial charge in [-0.2, -0.15) is 0 Å². The topological polar surface area (TPSA) is 32.8 Å². The van der Waals surface area contributed by atoms with E-state index in [1.807, 2.05) is 35.2 Å². The van der Waals surface area contributed by atoms with Gasteiger partial charge in [0.25, 0.3) is 0 Å². The van der Waals surface area contributed by atoms with Crippen molar-refractivity contribution >= 4 is 5.91 Å². The molecule has 27 heavy (non-hydrogen) atoms. The number of hydrogen-bond acceptors (Lipinski definition) is 3. The van der Waals surface area contributed by atoms with E-state index in [1.54, 1.807) is 7.11 Å². The first kappa shape index (κ1) is 19.4. The van der Waals surface area contributed by atoms with Crippen molar-refractivity contribution in [2.24, 2.45) is 0 Å². The molecule has 0 aliphatic heterocycles. The van der Waals surface area contributed by atoms with Crippen LogP contribution in [0.5, 0.6) is 5.75 Å². The number of nitrogens with zero attached hydrogens (tertiary/aromatic N) is 2. The Balaban J connectivity index is 1.65. The van der Waals surface area contributed by atoms with Crippen LogP contribution in [-0.4, -0.2) is 41.4 Å². The summed E-state index contributed by atoms with van der Waals surface area (Å²) in [6.45, 7) is 6.12. The lowest BCUT2D eigenvalue weighted by Gasteiger charge is -2.30. The molecule has 0 bridgehead atoms. The highest BCUT2D eigenvalue weighted by atomic mass is 16.5. The molecule has 0 atom stereocenters. The molecule has 0 aromatic heterocycles. The number of amides is 1. The summed E-state index contributed by atoms with van der Waals surface area (Å²) in [7, 11) is 1.68. The lowest BCUT2D eigenvalue weighted by molar-refractivity contribution is -0.135. The summed E-state index contributed by atoms with van der Waals surface area (Å²) < 4.78 is 5.24. The molecule has 0 heterocycles. The van der Waals surface area contributed by atoms with Gasteiger partial charge in [0.1, 0.15) is 5.75 Å². The van der Waals surface area contributed by atoms with E-state index in [0.29, 0.717) is 19.1 Å². The highest BCUT2D eigenvalue weighted by molar-refractivity contribution is 5.78. The molecule has 0 radical (unpaired) electrons. The summed E-state index contributed by atoms with van der Waals surface area (Å²) in [5.41, 5.74) is 2.39. The predicted molar refractivity (Wildman–Crippen MR) is 109 cm³/mol. The SMILES string of the molecule is COc1ccc(CN(CC(=O)N(Cc2ccccc2)C(C)C)C2CC2)cc1. The van der Waals surface area contributed by atoms with E-state index in [4.69, 9.17) is 4.74 Å². The molecule has 3 rings (SSSR count). The van der Waals surface area contributed by atoms with Gasteiger partial charge in [-0.3, -0.25) is 9.69 Å². The van der Waals surface area contributed by atoms with Crippen molar-refractivity contribution in [2.45, 2.75) is 51.9 Å². The lowest BCUT2D eigenvalue weighted by atomic mass is 10.1. The normalized spacial score (nSPS) is 13.8. The van der Waals surface area contributed by atoms with Crippen LogP contribution in [0.1, 0.15) is 37.8 Å². The van der Waals surface area contributed by atoms with Gasteiger partial charge in [-0.15, -0.1) is 0 Å². The average molecular weight is 367 g/mol. The molecule has 4 nitrogen and oxygen atoms in total. The Labute approximate surface area is 162 Å². The van der Waals surface area contributed by atoms with Crippen LogP contribution < -0.4 is 4.74 Å². The Morgan fingerprint density at radius 3 is 2.19 bits per heavy atom. The first-order valence-corrected chi connectivity index (χ1v) is 9.77. The van der Waals surface area contributed by atoms with E-state index < -0.39 is 0 Å². The second kappa shape index (κ2) is 9.05. The molecule has 1 aliphatic rings. The van der Waals surface area contributed by atoms with Crippen LogP contribution in [0, 0.1) is 0 Å². The fourth-order valence-electron chi connectivity index (χ4n) is 3.32. The molecule has 0 spiro atoms. The van der Waals surface area contributed by atoms with Crippen molar-refractivity contribution in [3.63, 3.8) is 0 Å². The summed E-state index contributed by atoms with van der Waals surface area (Å²) in [5.74, 6) is 1.07. The van der Waals surface area contributed by atoms with E-state index in [2.05, 4.69) is 43.0 Å². The van der Waals surface area contributed by atoms with Crippen LogP contribution >= 0.6 is 0 Å². The number of ether oxygens (including phenoxy) is 1. The van der Waals surface area contributed by atoms with Gasteiger partial charge < -0.3 is 9.64 Å². The molecule has 1 aliphatic carbocycles. The van der Waals surface area contributed by atoms with Crippen molar-refractivity contribution in [2.75, 3.05) is 13.7 Å². The van der Waals surface area contributed by atoms with Gasteiger partial charge in [-0.25, -0.2) is 0 Å². The maximum Gasteiger partial charge on any atom is 0.237 e. The zero-order valence-electron chi connectivity index (χ0n) is 16.6. The number of hydrogen-bond donors (Lipinski definition) is 0. The molecule has 2 aromatic carbocycles. The highest BCUT2D eigenvalue weighted by Gasteiger charge is 2.31. The molecule has 1 amide bonds. The van der Waals surface area contributed by atoms with E-state index in [-0.39, 0.29) is 11.9 Å². The van der Waals surface area contributed by atoms with Crippen LogP contribution in [-0.2, 0) is 17.9 Å². The number of methoxy groups -OCH3 is 1. The molecule has 0 N–H and O–H groups in total. The van der Waals surface area contributed by atoms with Gasteiger partial charge in [0, 0.05) is 25.2 Å². The monoisotopic (exact) mass is 366 g/mol. The van der Waals surface area contributed by atoms with E-state index >= 15 is 0 Å².